The van der Waals surface area contributed by atoms with Gasteiger partial charge in [0.15, 0.2) is 0 Å². The first-order valence-corrected chi connectivity index (χ1v) is 6.59. The molecule has 1 atom stereocenters. The van der Waals surface area contributed by atoms with Crippen LogP contribution in [0.25, 0.3) is 0 Å². The van der Waals surface area contributed by atoms with Crippen LogP contribution in [0, 0.1) is 0 Å². The monoisotopic (exact) mass is 200 g/mol. The third kappa shape index (κ3) is 2.61. The molecule has 2 rings (SSSR count). The summed E-state index contributed by atoms with van der Waals surface area (Å²) in [5.74, 6) is 2.72. The molecule has 2 aliphatic rings. The maximum absolute atomic E-state index is 5.98. The summed E-state index contributed by atoms with van der Waals surface area (Å²) in [5, 5.41) is 0. The standard InChI is InChI=1S/C10H20N2S/c11-9-2-1-5-12(8-9)10-3-6-13-7-4-10/h9-10H,1-8,11H2. The average Bonchev–Trinajstić information content (AvgIpc) is 2.19. The van der Waals surface area contributed by atoms with Crippen molar-refractivity contribution in [2.45, 2.75) is 37.8 Å². The summed E-state index contributed by atoms with van der Waals surface area (Å²) in [6.45, 7) is 2.44. The molecule has 2 aliphatic heterocycles. The highest BCUT2D eigenvalue weighted by Gasteiger charge is 2.25. The van der Waals surface area contributed by atoms with Crippen molar-refractivity contribution in [1.82, 2.24) is 4.90 Å². The number of nitrogens with two attached hydrogens (primary N) is 1. The summed E-state index contributed by atoms with van der Waals surface area (Å²) >= 11 is 2.11. The van der Waals surface area contributed by atoms with Crippen LogP contribution >= 0.6 is 11.8 Å². The van der Waals surface area contributed by atoms with Crippen LogP contribution < -0.4 is 5.73 Å². The fourth-order valence-electron chi connectivity index (χ4n) is 2.42. The van der Waals surface area contributed by atoms with Crippen LogP contribution in [-0.2, 0) is 0 Å². The van der Waals surface area contributed by atoms with Crippen molar-refractivity contribution < 1.29 is 0 Å². The summed E-state index contributed by atoms with van der Waals surface area (Å²) in [6, 6.07) is 1.30. The maximum Gasteiger partial charge on any atom is 0.0168 e. The van der Waals surface area contributed by atoms with Gasteiger partial charge in [-0.3, -0.25) is 4.90 Å². The van der Waals surface area contributed by atoms with Crippen molar-refractivity contribution in [1.29, 1.82) is 0 Å². The topological polar surface area (TPSA) is 29.3 Å². The van der Waals surface area contributed by atoms with E-state index in [1.165, 1.54) is 43.7 Å². The third-order valence-corrected chi connectivity index (χ3v) is 4.25. The molecule has 2 fully saturated rings. The molecule has 2 nitrogen and oxygen atoms in total. The van der Waals surface area contributed by atoms with Crippen LogP contribution in [0.15, 0.2) is 0 Å². The lowest BCUT2D eigenvalue weighted by molar-refractivity contribution is 0.141. The predicted octanol–water partition coefficient (Wildman–Crippen LogP) is 1.31. The van der Waals surface area contributed by atoms with Gasteiger partial charge in [0.05, 0.1) is 0 Å². The molecule has 2 heterocycles. The molecule has 1 unspecified atom stereocenters. The SMILES string of the molecule is NC1CCCN(C2CCSCC2)C1. The van der Waals surface area contributed by atoms with Gasteiger partial charge in [-0.1, -0.05) is 0 Å². The Bertz CT molecular complexity index is 157. The van der Waals surface area contributed by atoms with Crippen molar-refractivity contribution in [3.05, 3.63) is 0 Å². The number of piperidine rings is 1. The Balaban J connectivity index is 1.83. The first-order chi connectivity index (χ1) is 6.36. The highest BCUT2D eigenvalue weighted by Crippen LogP contribution is 2.23. The molecule has 2 N–H and O–H groups in total. The van der Waals surface area contributed by atoms with E-state index in [1.807, 2.05) is 0 Å². The van der Waals surface area contributed by atoms with Gasteiger partial charge in [0.25, 0.3) is 0 Å². The molecule has 0 spiro atoms. The average molecular weight is 200 g/mol. The summed E-state index contributed by atoms with van der Waals surface area (Å²) < 4.78 is 0. The van der Waals surface area contributed by atoms with Crippen LogP contribution in [0.1, 0.15) is 25.7 Å². The van der Waals surface area contributed by atoms with Crippen molar-refractivity contribution in [2.75, 3.05) is 24.6 Å². The summed E-state index contributed by atoms with van der Waals surface area (Å²) in [6.07, 6.45) is 5.32. The zero-order valence-corrected chi connectivity index (χ0v) is 9.06. The smallest absolute Gasteiger partial charge is 0.0168 e. The second-order valence-electron chi connectivity index (χ2n) is 4.24. The van der Waals surface area contributed by atoms with Gasteiger partial charge < -0.3 is 5.73 Å². The Labute approximate surface area is 85.2 Å². The normalized spacial score (nSPS) is 33.5. The lowest BCUT2D eigenvalue weighted by atomic mass is 10.0. The number of thioether (sulfide) groups is 1. The minimum absolute atomic E-state index is 0.448. The Kier molecular flexibility index (Phi) is 3.52. The molecule has 0 amide bonds. The summed E-state index contributed by atoms with van der Waals surface area (Å²) in [4.78, 5) is 2.63. The zero-order valence-electron chi connectivity index (χ0n) is 8.24. The summed E-state index contributed by atoms with van der Waals surface area (Å²) in [5.41, 5.74) is 5.98. The van der Waals surface area contributed by atoms with E-state index < -0.39 is 0 Å². The summed E-state index contributed by atoms with van der Waals surface area (Å²) in [7, 11) is 0. The zero-order chi connectivity index (χ0) is 9.10. The highest BCUT2D eigenvalue weighted by molar-refractivity contribution is 7.99. The van der Waals surface area contributed by atoms with Gasteiger partial charge in [-0.15, -0.1) is 0 Å². The molecular weight excluding hydrogens is 180 g/mol. The molecule has 13 heavy (non-hydrogen) atoms. The van der Waals surface area contributed by atoms with Crippen molar-refractivity contribution in [3.63, 3.8) is 0 Å². The minimum Gasteiger partial charge on any atom is -0.327 e. The molecule has 3 heteroatoms. The molecule has 0 saturated carbocycles. The van der Waals surface area contributed by atoms with Gasteiger partial charge in [0.1, 0.15) is 0 Å². The number of nitrogens with zero attached hydrogens (tertiary/aromatic N) is 1. The first-order valence-electron chi connectivity index (χ1n) is 5.43. The molecule has 0 aromatic heterocycles. The quantitative estimate of drug-likeness (QED) is 0.692. The Morgan fingerprint density at radius 1 is 1.15 bits per heavy atom. The van der Waals surface area contributed by atoms with E-state index in [0.717, 1.165) is 12.6 Å². The van der Waals surface area contributed by atoms with Crippen LogP contribution in [-0.4, -0.2) is 41.6 Å². The van der Waals surface area contributed by atoms with Gasteiger partial charge in [-0.2, -0.15) is 11.8 Å². The van der Waals surface area contributed by atoms with Crippen LogP contribution in [0.3, 0.4) is 0 Å². The van der Waals surface area contributed by atoms with E-state index >= 15 is 0 Å². The molecule has 76 valence electrons. The molecule has 0 radical (unpaired) electrons. The second-order valence-corrected chi connectivity index (χ2v) is 5.47. The fraction of sp³-hybridized carbons (Fsp3) is 1.00. The van der Waals surface area contributed by atoms with E-state index in [1.54, 1.807) is 0 Å². The molecule has 0 aromatic carbocycles. The van der Waals surface area contributed by atoms with Crippen molar-refractivity contribution >= 4 is 11.8 Å². The van der Waals surface area contributed by atoms with Gasteiger partial charge in [-0.05, 0) is 43.7 Å². The Hall–Kier alpha value is 0.270. The van der Waals surface area contributed by atoms with Crippen LogP contribution in [0.4, 0.5) is 0 Å². The second kappa shape index (κ2) is 4.67. The van der Waals surface area contributed by atoms with E-state index in [0.29, 0.717) is 6.04 Å². The molecular formula is C10H20N2S. The maximum atomic E-state index is 5.98. The predicted molar refractivity (Wildman–Crippen MR) is 59.1 cm³/mol. The minimum atomic E-state index is 0.448. The number of hydrogen-bond acceptors (Lipinski definition) is 3. The van der Waals surface area contributed by atoms with E-state index in [4.69, 9.17) is 5.73 Å². The van der Waals surface area contributed by atoms with Gasteiger partial charge in [0, 0.05) is 18.6 Å². The molecule has 0 bridgehead atoms. The van der Waals surface area contributed by atoms with Crippen molar-refractivity contribution in [2.24, 2.45) is 5.73 Å². The number of likely N-dealkylation sites (tertiary alicyclic amines) is 1. The Morgan fingerprint density at radius 2 is 1.92 bits per heavy atom. The first kappa shape index (κ1) is 9.81. The molecule has 2 saturated heterocycles. The van der Waals surface area contributed by atoms with Gasteiger partial charge >= 0.3 is 0 Å². The number of hydrogen-bond donors (Lipinski definition) is 1. The van der Waals surface area contributed by atoms with Crippen LogP contribution in [0.2, 0.25) is 0 Å². The van der Waals surface area contributed by atoms with E-state index in [2.05, 4.69) is 16.7 Å². The van der Waals surface area contributed by atoms with Gasteiger partial charge in [0.2, 0.25) is 0 Å². The van der Waals surface area contributed by atoms with Crippen molar-refractivity contribution in [3.8, 4) is 0 Å². The van der Waals surface area contributed by atoms with E-state index in [9.17, 15) is 0 Å². The van der Waals surface area contributed by atoms with E-state index in [-0.39, 0.29) is 0 Å². The third-order valence-electron chi connectivity index (χ3n) is 3.20. The number of rotatable bonds is 1. The van der Waals surface area contributed by atoms with Crippen LogP contribution in [0.5, 0.6) is 0 Å². The highest BCUT2D eigenvalue weighted by atomic mass is 32.2. The van der Waals surface area contributed by atoms with Gasteiger partial charge in [-0.25, -0.2) is 0 Å². The molecule has 0 aromatic rings. The Morgan fingerprint density at radius 3 is 2.62 bits per heavy atom. The fourth-order valence-corrected chi connectivity index (χ4v) is 3.50. The lowest BCUT2D eigenvalue weighted by Gasteiger charge is -2.38. The largest absolute Gasteiger partial charge is 0.327 e. The molecule has 0 aliphatic carbocycles. The lowest BCUT2D eigenvalue weighted by Crippen LogP contribution is -2.48.